The van der Waals surface area contributed by atoms with Crippen LogP contribution in [0.5, 0.6) is 11.6 Å². The van der Waals surface area contributed by atoms with Gasteiger partial charge in [-0.1, -0.05) is 0 Å². The molecule has 106 valence electrons. The first kappa shape index (κ1) is 14.4. The Hall–Kier alpha value is -1.96. The minimum absolute atomic E-state index is 0.00303. The summed E-state index contributed by atoms with van der Waals surface area (Å²) in [6.45, 7) is 3.72. The molecule has 0 aliphatic rings. The second-order valence-corrected chi connectivity index (χ2v) is 4.84. The fourth-order valence-electron chi connectivity index (χ4n) is 1.73. The van der Waals surface area contributed by atoms with E-state index in [-0.39, 0.29) is 23.0 Å². The van der Waals surface area contributed by atoms with Gasteiger partial charge in [0, 0.05) is 12.6 Å². The van der Waals surface area contributed by atoms with Crippen molar-refractivity contribution in [2.75, 3.05) is 0 Å². The van der Waals surface area contributed by atoms with Crippen molar-refractivity contribution in [1.29, 1.82) is 0 Å². The second-order valence-electron chi connectivity index (χ2n) is 3.99. The normalized spacial score (nSPS) is 10.6. The van der Waals surface area contributed by atoms with Crippen molar-refractivity contribution >= 4 is 21.6 Å². The monoisotopic (exact) mass is 343 g/mol. The molecule has 6 nitrogen and oxygen atoms in total. The summed E-state index contributed by atoms with van der Waals surface area (Å²) in [5.74, 6) is -0.343. The number of aromatic nitrogens is 2. The molecule has 2 aromatic rings. The predicted octanol–water partition coefficient (Wildman–Crippen LogP) is 3.81. The largest absolute Gasteiger partial charge is 0.434 e. The van der Waals surface area contributed by atoms with Gasteiger partial charge in [-0.2, -0.15) is 5.10 Å². The van der Waals surface area contributed by atoms with E-state index in [1.165, 1.54) is 23.7 Å². The Labute approximate surface area is 122 Å². The van der Waals surface area contributed by atoms with Crippen LogP contribution in [0.1, 0.15) is 12.6 Å². The minimum atomic E-state index is -0.557. The molecule has 0 aliphatic heterocycles. The van der Waals surface area contributed by atoms with Crippen LogP contribution in [0, 0.1) is 22.9 Å². The van der Waals surface area contributed by atoms with Crippen molar-refractivity contribution in [2.24, 2.45) is 0 Å². The summed E-state index contributed by atoms with van der Waals surface area (Å²) in [4.78, 5) is 10.5. The summed E-state index contributed by atoms with van der Waals surface area (Å²) >= 11 is 3.03. The lowest BCUT2D eigenvalue weighted by Gasteiger charge is -2.07. The highest BCUT2D eigenvalue weighted by molar-refractivity contribution is 9.10. The first-order valence-corrected chi connectivity index (χ1v) is 6.58. The average molecular weight is 344 g/mol. The van der Waals surface area contributed by atoms with Crippen LogP contribution in [0.3, 0.4) is 0 Å². The molecule has 1 aromatic heterocycles. The number of aryl methyl sites for hydroxylation is 2. The number of hydrogen-bond donors (Lipinski definition) is 0. The zero-order valence-electron chi connectivity index (χ0n) is 10.8. The molecular weight excluding hydrogens is 333 g/mol. The number of hydrogen-bond acceptors (Lipinski definition) is 4. The summed E-state index contributed by atoms with van der Waals surface area (Å²) in [5.41, 5.74) is 0.0413. The maximum Gasteiger partial charge on any atom is 0.353 e. The molecule has 0 radical (unpaired) electrons. The third kappa shape index (κ3) is 2.64. The number of rotatable bonds is 4. The van der Waals surface area contributed by atoms with E-state index in [0.717, 1.165) is 6.07 Å². The molecule has 0 bridgehead atoms. The standard InChI is InChI=1S/C12H11BrFN3O3/c1-3-16-12(11(17(18)19)7(2)15-16)20-8-4-5-9(13)10(14)6-8/h4-6H,3H2,1-2H3. The first-order chi connectivity index (χ1) is 9.43. The Morgan fingerprint density at radius 3 is 2.80 bits per heavy atom. The Morgan fingerprint density at radius 1 is 1.55 bits per heavy atom. The van der Waals surface area contributed by atoms with Gasteiger partial charge in [-0.3, -0.25) is 10.1 Å². The molecule has 0 fully saturated rings. The number of benzene rings is 1. The van der Waals surface area contributed by atoms with E-state index in [0.29, 0.717) is 11.0 Å². The molecule has 0 spiro atoms. The van der Waals surface area contributed by atoms with Crippen molar-refractivity contribution in [3.63, 3.8) is 0 Å². The van der Waals surface area contributed by atoms with Gasteiger partial charge in [0.1, 0.15) is 17.3 Å². The Balaban J connectivity index is 2.46. The van der Waals surface area contributed by atoms with E-state index in [4.69, 9.17) is 4.74 Å². The van der Waals surface area contributed by atoms with Gasteiger partial charge in [0.2, 0.25) is 0 Å². The number of ether oxygens (including phenoxy) is 1. The molecule has 20 heavy (non-hydrogen) atoms. The molecule has 0 N–H and O–H groups in total. The number of halogens is 2. The average Bonchev–Trinajstić information content (AvgIpc) is 2.70. The van der Waals surface area contributed by atoms with Crippen LogP contribution in [-0.2, 0) is 6.54 Å². The molecular formula is C12H11BrFN3O3. The highest BCUT2D eigenvalue weighted by Crippen LogP contribution is 2.35. The van der Waals surface area contributed by atoms with E-state index in [1.54, 1.807) is 6.92 Å². The van der Waals surface area contributed by atoms with Crippen molar-refractivity contribution in [3.8, 4) is 11.6 Å². The molecule has 1 heterocycles. The highest BCUT2D eigenvalue weighted by Gasteiger charge is 2.27. The van der Waals surface area contributed by atoms with Crippen LogP contribution in [0.15, 0.2) is 22.7 Å². The fourth-order valence-corrected chi connectivity index (χ4v) is 1.97. The van der Waals surface area contributed by atoms with Crippen LogP contribution in [0.2, 0.25) is 0 Å². The van der Waals surface area contributed by atoms with Crippen molar-refractivity contribution < 1.29 is 14.1 Å². The Bertz CT molecular complexity index is 672. The topological polar surface area (TPSA) is 70.2 Å². The molecule has 0 unspecified atom stereocenters. The molecule has 0 aliphatic carbocycles. The minimum Gasteiger partial charge on any atom is -0.434 e. The third-order valence-electron chi connectivity index (χ3n) is 2.64. The van der Waals surface area contributed by atoms with Crippen LogP contribution < -0.4 is 4.74 Å². The van der Waals surface area contributed by atoms with Crippen LogP contribution in [-0.4, -0.2) is 14.7 Å². The SMILES string of the molecule is CCn1nc(C)c([N+](=O)[O-])c1Oc1ccc(Br)c(F)c1. The lowest BCUT2D eigenvalue weighted by atomic mass is 10.3. The molecule has 0 saturated carbocycles. The van der Waals surface area contributed by atoms with Gasteiger partial charge in [-0.15, -0.1) is 0 Å². The number of nitro groups is 1. The van der Waals surface area contributed by atoms with Crippen LogP contribution in [0.25, 0.3) is 0 Å². The van der Waals surface area contributed by atoms with E-state index >= 15 is 0 Å². The predicted molar refractivity (Wildman–Crippen MR) is 73.5 cm³/mol. The first-order valence-electron chi connectivity index (χ1n) is 5.78. The molecule has 0 atom stereocenters. The van der Waals surface area contributed by atoms with Gasteiger partial charge < -0.3 is 4.74 Å². The highest BCUT2D eigenvalue weighted by atomic mass is 79.9. The lowest BCUT2D eigenvalue weighted by molar-refractivity contribution is -0.386. The maximum absolute atomic E-state index is 13.4. The van der Waals surface area contributed by atoms with Crippen molar-refractivity contribution in [1.82, 2.24) is 9.78 Å². The quantitative estimate of drug-likeness (QED) is 0.625. The van der Waals surface area contributed by atoms with Crippen molar-refractivity contribution in [2.45, 2.75) is 20.4 Å². The molecule has 8 heteroatoms. The summed E-state index contributed by atoms with van der Waals surface area (Å²) < 4.78 is 20.6. The summed E-state index contributed by atoms with van der Waals surface area (Å²) in [7, 11) is 0. The van der Waals surface area contributed by atoms with E-state index in [1.807, 2.05) is 0 Å². The molecule has 0 saturated heterocycles. The van der Waals surface area contributed by atoms with Crippen molar-refractivity contribution in [3.05, 3.63) is 44.3 Å². The van der Waals surface area contributed by atoms with Gasteiger partial charge in [0.15, 0.2) is 0 Å². The van der Waals surface area contributed by atoms with E-state index in [2.05, 4.69) is 21.0 Å². The van der Waals surface area contributed by atoms with Gasteiger partial charge in [0.05, 0.1) is 9.40 Å². The smallest absolute Gasteiger partial charge is 0.353 e. The maximum atomic E-state index is 13.4. The summed E-state index contributed by atoms with van der Waals surface area (Å²) in [6, 6.07) is 4.13. The third-order valence-corrected chi connectivity index (χ3v) is 3.28. The Kier molecular flexibility index (Phi) is 4.03. The zero-order valence-corrected chi connectivity index (χ0v) is 12.3. The number of nitrogens with zero attached hydrogens (tertiary/aromatic N) is 3. The van der Waals surface area contributed by atoms with Gasteiger partial charge in [0.25, 0.3) is 5.88 Å². The lowest BCUT2D eigenvalue weighted by Crippen LogP contribution is -2.01. The zero-order chi connectivity index (χ0) is 14.9. The van der Waals surface area contributed by atoms with Gasteiger partial charge in [-0.25, -0.2) is 9.07 Å². The Morgan fingerprint density at radius 2 is 2.25 bits per heavy atom. The molecule has 1 aromatic carbocycles. The second kappa shape index (κ2) is 5.58. The summed E-state index contributed by atoms with van der Waals surface area (Å²) in [6.07, 6.45) is 0. The van der Waals surface area contributed by atoms with Crippen LogP contribution in [0.4, 0.5) is 10.1 Å². The van der Waals surface area contributed by atoms with E-state index < -0.39 is 10.7 Å². The van der Waals surface area contributed by atoms with Gasteiger partial charge >= 0.3 is 5.69 Å². The molecule has 0 amide bonds. The van der Waals surface area contributed by atoms with Crippen LogP contribution >= 0.6 is 15.9 Å². The molecule has 2 rings (SSSR count). The van der Waals surface area contributed by atoms with Gasteiger partial charge in [-0.05, 0) is 41.9 Å². The fraction of sp³-hybridized carbons (Fsp3) is 0.250. The van der Waals surface area contributed by atoms with E-state index in [9.17, 15) is 14.5 Å². The summed E-state index contributed by atoms with van der Waals surface area (Å²) in [5, 5.41) is 15.1.